The predicted molar refractivity (Wildman–Crippen MR) is 128 cm³/mol. The highest BCUT2D eigenvalue weighted by Gasteiger charge is 2.14. The number of para-hydroxylation sites is 1. The number of hydrogen-bond acceptors (Lipinski definition) is 5. The van der Waals surface area contributed by atoms with Gasteiger partial charge in [0.2, 0.25) is 5.91 Å². The molecule has 1 aromatic heterocycles. The van der Waals surface area contributed by atoms with Gasteiger partial charge in [0.1, 0.15) is 18.0 Å². The molecular weight excluding hydrogens is 418 g/mol. The minimum Gasteiger partial charge on any atom is -0.497 e. The Kier molecular flexibility index (Phi) is 6.50. The average molecular weight is 441 g/mol. The second-order valence-corrected chi connectivity index (χ2v) is 7.24. The Morgan fingerprint density at radius 3 is 2.39 bits per heavy atom. The van der Waals surface area contributed by atoms with Crippen molar-refractivity contribution in [3.05, 3.63) is 95.3 Å². The van der Waals surface area contributed by atoms with Crippen molar-refractivity contribution >= 4 is 11.6 Å². The van der Waals surface area contributed by atoms with E-state index < -0.39 is 0 Å². The monoisotopic (exact) mass is 441 g/mol. The fourth-order valence-corrected chi connectivity index (χ4v) is 3.51. The standard InChI is InChI=1S/C26H23N3O4/c1-32-19-12-14-24(33-2)21(16-19)23-13-15-26(31)29(28-23)17-25(30)27-22-11-7-6-10-20(22)18-8-4-3-5-9-18/h3-16H,17H2,1-2H3,(H,27,30). The van der Waals surface area contributed by atoms with Crippen molar-refractivity contribution in [3.8, 4) is 33.9 Å². The molecule has 0 aliphatic rings. The van der Waals surface area contributed by atoms with Crippen LogP contribution in [0.2, 0.25) is 0 Å². The van der Waals surface area contributed by atoms with Gasteiger partial charge in [0.15, 0.2) is 0 Å². The zero-order chi connectivity index (χ0) is 23.2. The summed E-state index contributed by atoms with van der Waals surface area (Å²) in [6.07, 6.45) is 0. The van der Waals surface area contributed by atoms with Crippen LogP contribution in [0.25, 0.3) is 22.4 Å². The van der Waals surface area contributed by atoms with E-state index in [9.17, 15) is 9.59 Å². The first-order valence-corrected chi connectivity index (χ1v) is 10.3. The van der Waals surface area contributed by atoms with Gasteiger partial charge in [0, 0.05) is 22.9 Å². The Morgan fingerprint density at radius 1 is 0.879 bits per heavy atom. The molecule has 0 fully saturated rings. The smallest absolute Gasteiger partial charge is 0.267 e. The quantitative estimate of drug-likeness (QED) is 0.464. The first-order valence-electron chi connectivity index (χ1n) is 10.3. The van der Waals surface area contributed by atoms with Crippen LogP contribution in [-0.2, 0) is 11.3 Å². The molecule has 166 valence electrons. The number of carbonyl (C=O) groups excluding carboxylic acids is 1. The number of nitrogens with zero attached hydrogens (tertiary/aromatic N) is 2. The summed E-state index contributed by atoms with van der Waals surface area (Å²) >= 11 is 0. The molecule has 0 aliphatic carbocycles. The number of benzene rings is 3. The number of ether oxygens (including phenoxy) is 2. The molecule has 7 nitrogen and oxygen atoms in total. The zero-order valence-electron chi connectivity index (χ0n) is 18.3. The van der Waals surface area contributed by atoms with E-state index in [1.165, 1.54) is 6.07 Å². The molecule has 0 aliphatic heterocycles. The summed E-state index contributed by atoms with van der Waals surface area (Å²) in [6, 6.07) is 25.6. The molecule has 1 heterocycles. The highest BCUT2D eigenvalue weighted by atomic mass is 16.5. The third-order valence-electron chi connectivity index (χ3n) is 5.13. The lowest BCUT2D eigenvalue weighted by molar-refractivity contribution is -0.117. The van der Waals surface area contributed by atoms with Gasteiger partial charge in [-0.25, -0.2) is 4.68 Å². The Balaban J connectivity index is 1.60. The highest BCUT2D eigenvalue weighted by molar-refractivity contribution is 5.95. The zero-order valence-corrected chi connectivity index (χ0v) is 18.3. The molecular formula is C26H23N3O4. The molecule has 7 heteroatoms. The lowest BCUT2D eigenvalue weighted by Crippen LogP contribution is -2.29. The molecule has 4 aromatic rings. The number of rotatable bonds is 7. The summed E-state index contributed by atoms with van der Waals surface area (Å²) in [5.74, 6) is 0.845. The van der Waals surface area contributed by atoms with Gasteiger partial charge in [-0.2, -0.15) is 5.10 Å². The molecule has 1 amide bonds. The normalized spacial score (nSPS) is 10.5. The van der Waals surface area contributed by atoms with E-state index in [0.29, 0.717) is 28.4 Å². The van der Waals surface area contributed by atoms with E-state index in [2.05, 4.69) is 10.4 Å². The van der Waals surface area contributed by atoms with Gasteiger partial charge in [-0.3, -0.25) is 9.59 Å². The van der Waals surface area contributed by atoms with Crippen LogP contribution in [-0.4, -0.2) is 29.9 Å². The number of carbonyl (C=O) groups is 1. The van der Waals surface area contributed by atoms with Crippen molar-refractivity contribution in [2.24, 2.45) is 0 Å². The molecule has 4 rings (SSSR count). The Hall–Kier alpha value is -4.39. The summed E-state index contributed by atoms with van der Waals surface area (Å²) in [7, 11) is 3.12. The third kappa shape index (κ3) is 4.93. The summed E-state index contributed by atoms with van der Waals surface area (Å²) in [5, 5.41) is 7.30. The Labute approximate surface area is 191 Å². The van der Waals surface area contributed by atoms with Gasteiger partial charge in [0.05, 0.1) is 19.9 Å². The molecule has 3 aromatic carbocycles. The lowest BCUT2D eigenvalue weighted by atomic mass is 10.0. The molecule has 1 N–H and O–H groups in total. The number of nitrogens with one attached hydrogen (secondary N) is 1. The maximum Gasteiger partial charge on any atom is 0.267 e. The van der Waals surface area contributed by atoms with E-state index in [4.69, 9.17) is 9.47 Å². The van der Waals surface area contributed by atoms with E-state index in [1.54, 1.807) is 38.5 Å². The topological polar surface area (TPSA) is 82.5 Å². The molecule has 0 atom stereocenters. The minimum atomic E-state index is -0.382. The maximum absolute atomic E-state index is 12.8. The van der Waals surface area contributed by atoms with Gasteiger partial charge in [0.25, 0.3) is 5.56 Å². The van der Waals surface area contributed by atoms with Gasteiger partial charge >= 0.3 is 0 Å². The van der Waals surface area contributed by atoms with Gasteiger partial charge in [-0.05, 0) is 35.9 Å². The van der Waals surface area contributed by atoms with E-state index in [-0.39, 0.29) is 18.0 Å². The first kappa shape index (κ1) is 21.8. The first-order chi connectivity index (χ1) is 16.1. The van der Waals surface area contributed by atoms with Crippen LogP contribution in [0, 0.1) is 0 Å². The van der Waals surface area contributed by atoms with Crippen LogP contribution in [0.4, 0.5) is 5.69 Å². The van der Waals surface area contributed by atoms with Crippen molar-refractivity contribution in [2.45, 2.75) is 6.54 Å². The highest BCUT2D eigenvalue weighted by Crippen LogP contribution is 2.32. The predicted octanol–water partition coefficient (Wildman–Crippen LogP) is 4.23. The minimum absolute atomic E-state index is 0.234. The van der Waals surface area contributed by atoms with Gasteiger partial charge in [-0.1, -0.05) is 48.5 Å². The number of methoxy groups -OCH3 is 2. The van der Waals surface area contributed by atoms with Crippen molar-refractivity contribution in [2.75, 3.05) is 19.5 Å². The second kappa shape index (κ2) is 9.82. The lowest BCUT2D eigenvalue weighted by Gasteiger charge is -2.13. The van der Waals surface area contributed by atoms with Crippen molar-refractivity contribution < 1.29 is 14.3 Å². The molecule has 0 spiro atoms. The second-order valence-electron chi connectivity index (χ2n) is 7.24. The van der Waals surface area contributed by atoms with E-state index in [1.807, 2.05) is 54.6 Å². The van der Waals surface area contributed by atoms with Crippen LogP contribution >= 0.6 is 0 Å². The maximum atomic E-state index is 12.8. The Morgan fingerprint density at radius 2 is 1.64 bits per heavy atom. The van der Waals surface area contributed by atoms with E-state index in [0.717, 1.165) is 15.8 Å². The number of amides is 1. The van der Waals surface area contributed by atoms with Crippen LogP contribution in [0.5, 0.6) is 11.5 Å². The van der Waals surface area contributed by atoms with Crippen molar-refractivity contribution in [3.63, 3.8) is 0 Å². The largest absolute Gasteiger partial charge is 0.497 e. The molecule has 0 saturated heterocycles. The summed E-state index contributed by atoms with van der Waals surface area (Å²) in [6.45, 7) is -0.234. The number of hydrogen-bond donors (Lipinski definition) is 1. The van der Waals surface area contributed by atoms with Crippen molar-refractivity contribution in [1.82, 2.24) is 9.78 Å². The summed E-state index contributed by atoms with van der Waals surface area (Å²) in [5.41, 5.74) is 3.29. The number of aromatic nitrogens is 2. The van der Waals surface area contributed by atoms with Crippen LogP contribution in [0.1, 0.15) is 0 Å². The molecule has 0 bridgehead atoms. The summed E-state index contributed by atoms with van der Waals surface area (Å²) < 4.78 is 11.8. The number of anilines is 1. The van der Waals surface area contributed by atoms with Crippen LogP contribution in [0.15, 0.2) is 89.7 Å². The fraction of sp³-hybridized carbons (Fsp3) is 0.115. The van der Waals surface area contributed by atoms with Gasteiger partial charge < -0.3 is 14.8 Å². The van der Waals surface area contributed by atoms with Gasteiger partial charge in [-0.15, -0.1) is 0 Å². The molecule has 0 radical (unpaired) electrons. The van der Waals surface area contributed by atoms with Crippen LogP contribution < -0.4 is 20.3 Å². The summed E-state index contributed by atoms with van der Waals surface area (Å²) in [4.78, 5) is 25.3. The SMILES string of the molecule is COc1ccc(OC)c(-c2ccc(=O)n(CC(=O)Nc3ccccc3-c3ccccc3)n2)c1. The Bertz CT molecular complexity index is 1330. The third-order valence-corrected chi connectivity index (χ3v) is 5.13. The molecule has 0 saturated carbocycles. The average Bonchev–Trinajstić information content (AvgIpc) is 2.86. The van der Waals surface area contributed by atoms with Crippen molar-refractivity contribution in [1.29, 1.82) is 0 Å². The molecule has 0 unspecified atom stereocenters. The fourth-order valence-electron chi connectivity index (χ4n) is 3.51. The molecule has 33 heavy (non-hydrogen) atoms. The van der Waals surface area contributed by atoms with E-state index >= 15 is 0 Å². The van der Waals surface area contributed by atoms with Crippen LogP contribution in [0.3, 0.4) is 0 Å².